The van der Waals surface area contributed by atoms with Crippen LogP contribution in [0, 0.1) is 12.7 Å². The third-order valence-corrected chi connectivity index (χ3v) is 8.51. The monoisotopic (exact) mass is 653 g/mol. The van der Waals surface area contributed by atoms with Crippen molar-refractivity contribution in [3.8, 4) is 0 Å². The average molecular weight is 654 g/mol. The van der Waals surface area contributed by atoms with Crippen molar-refractivity contribution in [3.05, 3.63) is 133 Å². The number of alkyl halides is 3. The summed E-state index contributed by atoms with van der Waals surface area (Å²) in [5.41, 5.74) is 5.09. The molecule has 1 unspecified atom stereocenters. The molecule has 5 rings (SSSR count). The van der Waals surface area contributed by atoms with Gasteiger partial charge in [0.1, 0.15) is 11.5 Å². The minimum atomic E-state index is -4.87. The predicted molar refractivity (Wildman–Crippen MR) is 169 cm³/mol. The smallest absolute Gasteiger partial charge is 0.416 e. The van der Waals surface area contributed by atoms with E-state index in [0.29, 0.717) is 43.9 Å². The molecular weight excluding hydrogens is 618 g/mol. The third-order valence-electron chi connectivity index (χ3n) is 8.51. The van der Waals surface area contributed by atoms with E-state index in [4.69, 9.17) is 10.5 Å². The number of anilines is 1. The molecule has 47 heavy (non-hydrogen) atoms. The van der Waals surface area contributed by atoms with Crippen LogP contribution in [0.25, 0.3) is 0 Å². The lowest BCUT2D eigenvalue weighted by Gasteiger charge is -2.37. The highest BCUT2D eigenvalue weighted by molar-refractivity contribution is 5.90. The van der Waals surface area contributed by atoms with E-state index in [-0.39, 0.29) is 17.9 Å². The SMILES string of the molecule is COC(=O)c1ccccc1CN1CCN(c2c(C)n(Cc3c(F)cccc3C(F)(F)F)c(=O)n(CC(N)c3ccccc3)c2=O)CC1. The first-order valence-corrected chi connectivity index (χ1v) is 15.0. The average Bonchev–Trinajstić information content (AvgIpc) is 3.06. The van der Waals surface area contributed by atoms with Gasteiger partial charge in [-0.05, 0) is 36.2 Å². The number of aromatic nitrogens is 2. The maximum Gasteiger partial charge on any atom is 0.416 e. The highest BCUT2D eigenvalue weighted by Crippen LogP contribution is 2.33. The summed E-state index contributed by atoms with van der Waals surface area (Å²) in [5, 5.41) is 0. The number of piperazine rings is 1. The number of carbonyl (C=O) groups is 1. The number of halogens is 4. The molecule has 9 nitrogen and oxygen atoms in total. The van der Waals surface area contributed by atoms with Crippen LogP contribution in [0.15, 0.2) is 82.4 Å². The van der Waals surface area contributed by atoms with Crippen molar-refractivity contribution in [2.45, 2.75) is 38.8 Å². The summed E-state index contributed by atoms with van der Waals surface area (Å²) < 4.78 is 63.6. The maximum atomic E-state index is 15.0. The summed E-state index contributed by atoms with van der Waals surface area (Å²) in [6.45, 7) is 2.56. The van der Waals surface area contributed by atoms with Gasteiger partial charge in [0, 0.05) is 50.0 Å². The Morgan fingerprint density at radius 3 is 2.21 bits per heavy atom. The third kappa shape index (κ3) is 7.15. The number of methoxy groups -OCH3 is 1. The van der Waals surface area contributed by atoms with E-state index in [1.165, 1.54) is 14.0 Å². The van der Waals surface area contributed by atoms with E-state index < -0.39 is 52.9 Å². The Bertz CT molecular complexity index is 1870. The number of hydrogen-bond donors (Lipinski definition) is 1. The van der Waals surface area contributed by atoms with Crippen molar-refractivity contribution in [1.29, 1.82) is 0 Å². The van der Waals surface area contributed by atoms with Gasteiger partial charge in [-0.1, -0.05) is 54.6 Å². The van der Waals surface area contributed by atoms with Crippen molar-refractivity contribution < 1.29 is 27.1 Å². The molecule has 1 aromatic heterocycles. The van der Waals surface area contributed by atoms with Crippen LogP contribution in [-0.4, -0.2) is 53.3 Å². The fourth-order valence-corrected chi connectivity index (χ4v) is 5.98. The van der Waals surface area contributed by atoms with Crippen molar-refractivity contribution in [2.75, 3.05) is 38.2 Å². The second-order valence-electron chi connectivity index (χ2n) is 11.4. The van der Waals surface area contributed by atoms with Crippen LogP contribution in [0.1, 0.15) is 44.3 Å². The lowest BCUT2D eigenvalue weighted by molar-refractivity contribution is -0.138. The molecule has 1 fully saturated rings. The largest absolute Gasteiger partial charge is 0.465 e. The van der Waals surface area contributed by atoms with Crippen molar-refractivity contribution in [2.24, 2.45) is 5.73 Å². The van der Waals surface area contributed by atoms with E-state index in [1.54, 1.807) is 47.4 Å². The van der Waals surface area contributed by atoms with Crippen LogP contribution in [0.3, 0.4) is 0 Å². The molecule has 248 valence electrons. The number of benzene rings is 3. The zero-order chi connectivity index (χ0) is 33.9. The number of rotatable bonds is 9. The molecule has 0 radical (unpaired) electrons. The van der Waals surface area contributed by atoms with Gasteiger partial charge in [-0.25, -0.2) is 14.0 Å². The number of nitrogens with two attached hydrogens (primary N) is 1. The number of nitrogens with zero attached hydrogens (tertiary/aromatic N) is 4. The molecule has 0 amide bonds. The molecule has 0 aliphatic carbocycles. The van der Waals surface area contributed by atoms with Gasteiger partial charge in [-0.3, -0.25) is 18.8 Å². The Kier molecular flexibility index (Phi) is 9.96. The molecule has 1 atom stereocenters. The van der Waals surface area contributed by atoms with Gasteiger partial charge in [0.15, 0.2) is 0 Å². The van der Waals surface area contributed by atoms with Crippen molar-refractivity contribution in [1.82, 2.24) is 14.0 Å². The van der Waals surface area contributed by atoms with E-state index in [2.05, 4.69) is 4.90 Å². The van der Waals surface area contributed by atoms with E-state index in [1.807, 2.05) is 12.1 Å². The zero-order valence-corrected chi connectivity index (χ0v) is 26.0. The molecule has 0 spiro atoms. The number of hydrogen-bond acceptors (Lipinski definition) is 7. The maximum absolute atomic E-state index is 15.0. The molecule has 13 heteroatoms. The molecule has 2 heterocycles. The second-order valence-corrected chi connectivity index (χ2v) is 11.4. The molecule has 1 aliphatic heterocycles. The minimum absolute atomic E-state index is 0.116. The van der Waals surface area contributed by atoms with Crippen LogP contribution in [0.4, 0.5) is 23.2 Å². The summed E-state index contributed by atoms with van der Waals surface area (Å²) >= 11 is 0. The fourth-order valence-electron chi connectivity index (χ4n) is 5.98. The van der Waals surface area contributed by atoms with Gasteiger partial charge in [0.2, 0.25) is 0 Å². The highest BCUT2D eigenvalue weighted by atomic mass is 19.4. The minimum Gasteiger partial charge on any atom is -0.465 e. The second kappa shape index (κ2) is 13.9. The van der Waals surface area contributed by atoms with Gasteiger partial charge in [0.25, 0.3) is 5.56 Å². The Morgan fingerprint density at radius 2 is 1.55 bits per heavy atom. The number of carbonyl (C=O) groups excluding carboxylic acids is 1. The Balaban J connectivity index is 1.52. The summed E-state index contributed by atoms with van der Waals surface area (Å²) in [4.78, 5) is 44.0. The molecule has 4 aromatic rings. The Hall–Kier alpha value is -4.75. The zero-order valence-electron chi connectivity index (χ0n) is 26.0. The van der Waals surface area contributed by atoms with Crippen molar-refractivity contribution >= 4 is 11.7 Å². The number of ether oxygens (including phenoxy) is 1. The van der Waals surface area contributed by atoms with Crippen LogP contribution >= 0.6 is 0 Å². The number of esters is 1. The quantitative estimate of drug-likeness (QED) is 0.212. The molecule has 1 aliphatic rings. The molecule has 0 saturated carbocycles. The Morgan fingerprint density at radius 1 is 0.894 bits per heavy atom. The highest BCUT2D eigenvalue weighted by Gasteiger charge is 2.35. The lowest BCUT2D eigenvalue weighted by Crippen LogP contribution is -2.51. The van der Waals surface area contributed by atoms with Gasteiger partial charge in [-0.2, -0.15) is 13.2 Å². The first-order valence-electron chi connectivity index (χ1n) is 15.0. The normalized spacial score (nSPS) is 14.7. The van der Waals surface area contributed by atoms with Crippen molar-refractivity contribution in [3.63, 3.8) is 0 Å². The van der Waals surface area contributed by atoms with Crippen LogP contribution < -0.4 is 21.9 Å². The molecule has 0 bridgehead atoms. The van der Waals surface area contributed by atoms with Crippen LogP contribution in [0.2, 0.25) is 0 Å². The van der Waals surface area contributed by atoms with E-state index in [9.17, 15) is 31.9 Å². The first kappa shape index (κ1) is 33.6. The topological polar surface area (TPSA) is 103 Å². The van der Waals surface area contributed by atoms with Gasteiger partial charge >= 0.3 is 17.8 Å². The molecule has 3 aromatic carbocycles. The summed E-state index contributed by atoms with van der Waals surface area (Å²) in [7, 11) is 1.31. The van der Waals surface area contributed by atoms with E-state index in [0.717, 1.165) is 32.9 Å². The first-order chi connectivity index (χ1) is 22.4. The van der Waals surface area contributed by atoms with Crippen LogP contribution in [0.5, 0.6) is 0 Å². The summed E-state index contributed by atoms with van der Waals surface area (Å²) in [5.74, 6) is -1.57. The lowest BCUT2D eigenvalue weighted by atomic mass is 10.1. The van der Waals surface area contributed by atoms with Gasteiger partial charge < -0.3 is 15.4 Å². The molecule has 1 saturated heterocycles. The Labute approximate surface area is 268 Å². The molecular formula is C34H35F4N5O4. The molecule has 2 N–H and O–H groups in total. The van der Waals surface area contributed by atoms with Gasteiger partial charge in [-0.15, -0.1) is 0 Å². The predicted octanol–water partition coefficient (Wildman–Crippen LogP) is 4.33. The summed E-state index contributed by atoms with van der Waals surface area (Å²) in [6, 6.07) is 17.8. The summed E-state index contributed by atoms with van der Waals surface area (Å²) in [6.07, 6.45) is -4.87. The standard InChI is InChI=1S/C34H35F4N5O4/c1-22-30(41-17-15-40(16-18-41)19-24-11-6-7-12-25(24)32(45)47-2)31(44)43(21-29(39)23-9-4-3-5-10-23)33(46)42(22)20-26-27(34(36,37)38)13-8-14-28(26)35/h3-14,29H,15-21,39H2,1-2H3. The fraction of sp³-hybridized carbons (Fsp3) is 0.324. The van der Waals surface area contributed by atoms with Crippen LogP contribution in [-0.2, 0) is 30.5 Å². The van der Waals surface area contributed by atoms with Gasteiger partial charge in [0.05, 0.1) is 31.3 Å². The van der Waals surface area contributed by atoms with E-state index >= 15 is 0 Å².